The van der Waals surface area contributed by atoms with Crippen LogP contribution in [0.5, 0.6) is 0 Å². The molecular formula is C82H69BN2. The molecule has 0 atom stereocenters. The average molecular weight is 1090 g/mol. The molecule has 13 aromatic rings. The Hall–Kier alpha value is -9.44. The van der Waals surface area contributed by atoms with Crippen LogP contribution >= 0.6 is 0 Å². The molecule has 85 heavy (non-hydrogen) atoms. The third kappa shape index (κ3) is 8.53. The summed E-state index contributed by atoms with van der Waals surface area (Å²) >= 11 is 0. The Kier molecular flexibility index (Phi) is 12.1. The van der Waals surface area contributed by atoms with E-state index in [2.05, 4.69) is 327 Å². The van der Waals surface area contributed by atoms with Gasteiger partial charge in [0.1, 0.15) is 0 Å². The van der Waals surface area contributed by atoms with Crippen molar-refractivity contribution in [3.8, 4) is 44.5 Å². The molecule has 3 heteroatoms. The third-order valence-corrected chi connectivity index (χ3v) is 18.4. The Labute approximate surface area is 501 Å². The van der Waals surface area contributed by atoms with Crippen molar-refractivity contribution in [3.05, 3.63) is 271 Å². The molecule has 0 unspecified atom stereocenters. The van der Waals surface area contributed by atoms with Gasteiger partial charge in [0.2, 0.25) is 0 Å². The summed E-state index contributed by atoms with van der Waals surface area (Å²) in [5, 5.41) is 9.93. The molecule has 15 rings (SSSR count). The van der Waals surface area contributed by atoms with Crippen molar-refractivity contribution < 1.29 is 0 Å². The second-order valence-corrected chi connectivity index (χ2v) is 26.8. The van der Waals surface area contributed by atoms with E-state index in [1.165, 1.54) is 143 Å². The van der Waals surface area contributed by atoms with Gasteiger partial charge in [-0.3, -0.25) is 0 Å². The number of anilines is 6. The van der Waals surface area contributed by atoms with E-state index in [0.717, 1.165) is 11.4 Å². The number of benzene rings is 13. The van der Waals surface area contributed by atoms with Crippen molar-refractivity contribution in [1.82, 2.24) is 0 Å². The second kappa shape index (κ2) is 19.6. The quantitative estimate of drug-likeness (QED) is 0.121. The summed E-state index contributed by atoms with van der Waals surface area (Å²) in [6, 6.07) is 96.8. The number of nitrogens with zero attached hydrogens (tertiary/aromatic N) is 2. The molecule has 0 radical (unpaired) electrons. The highest BCUT2D eigenvalue weighted by atomic mass is 15.2. The molecule has 0 spiro atoms. The summed E-state index contributed by atoms with van der Waals surface area (Å²) in [4.78, 5) is 5.28. The minimum Gasteiger partial charge on any atom is -0.311 e. The van der Waals surface area contributed by atoms with Crippen molar-refractivity contribution in [2.45, 2.75) is 78.6 Å². The summed E-state index contributed by atoms with van der Waals surface area (Å²) in [5.41, 5.74) is 24.5. The number of rotatable bonds is 6. The van der Waals surface area contributed by atoms with Crippen LogP contribution in [0.3, 0.4) is 0 Å². The molecule has 0 aromatic heterocycles. The molecule has 410 valence electrons. The van der Waals surface area contributed by atoms with Crippen LogP contribution in [0, 0.1) is 0 Å². The SMILES string of the molecule is CC(C)(C)c1ccc2c(c1)B1c3cc(C(C)(C)C)ccc3N(c3ccc4c(-c5ccccc5)c5ccccc5c(-c5ccccc5)c4c3)c3cc(C(C)(C)C)cc(c31)N2c1ccc2c(-c3ccccc3)c3ccccc3c(-c3ccccc3)c2c1. The van der Waals surface area contributed by atoms with Crippen LogP contribution in [0.2, 0.25) is 0 Å². The first-order valence-electron chi connectivity index (χ1n) is 30.4. The molecule has 2 aliphatic heterocycles. The number of hydrogen-bond acceptors (Lipinski definition) is 2. The van der Waals surface area contributed by atoms with Crippen LogP contribution in [-0.4, -0.2) is 6.71 Å². The van der Waals surface area contributed by atoms with Gasteiger partial charge in [-0.05, 0) is 185 Å². The van der Waals surface area contributed by atoms with Crippen molar-refractivity contribution >= 4 is 100 Å². The van der Waals surface area contributed by atoms with E-state index in [0.29, 0.717) is 0 Å². The van der Waals surface area contributed by atoms with Crippen LogP contribution in [0.15, 0.2) is 255 Å². The van der Waals surface area contributed by atoms with Gasteiger partial charge in [0, 0.05) is 34.1 Å². The summed E-state index contributed by atoms with van der Waals surface area (Å²) in [6.07, 6.45) is 0. The zero-order chi connectivity index (χ0) is 58.1. The zero-order valence-electron chi connectivity index (χ0n) is 50.2. The van der Waals surface area contributed by atoms with Crippen LogP contribution in [-0.2, 0) is 16.2 Å². The average Bonchev–Trinajstić information content (AvgIpc) is 0.875. The standard InChI is InChI=1S/C82H69BN2/c1-80(2,3)56-38-44-71-69(46-56)83-70-47-57(81(4,5)6)39-45-72(70)85(60-41-43-66-68(51-60)78(55-32-20-13-21-33-55)64-37-25-23-35-62(64)76(66)53-28-16-11-17-29-53)74-49-58(82(7,8)9)48-73(79(74)83)84(71)59-40-42-65-67(50-59)77(54-30-18-12-19-31-54)63-36-24-22-34-61(63)75(65)52-26-14-10-15-27-52/h10-51H,1-9H3. The van der Waals surface area contributed by atoms with E-state index < -0.39 is 0 Å². The van der Waals surface area contributed by atoms with Gasteiger partial charge in [0.25, 0.3) is 6.71 Å². The number of hydrogen-bond donors (Lipinski definition) is 0. The second-order valence-electron chi connectivity index (χ2n) is 26.8. The van der Waals surface area contributed by atoms with Crippen LogP contribution < -0.4 is 26.2 Å². The van der Waals surface area contributed by atoms with E-state index in [9.17, 15) is 0 Å². The van der Waals surface area contributed by atoms with E-state index >= 15 is 0 Å². The molecule has 0 fully saturated rings. The summed E-state index contributed by atoms with van der Waals surface area (Å²) < 4.78 is 0. The van der Waals surface area contributed by atoms with Crippen molar-refractivity contribution in [3.63, 3.8) is 0 Å². The van der Waals surface area contributed by atoms with E-state index in [4.69, 9.17) is 0 Å². The Morgan fingerprint density at radius 3 is 0.859 bits per heavy atom. The van der Waals surface area contributed by atoms with E-state index in [-0.39, 0.29) is 23.0 Å². The van der Waals surface area contributed by atoms with Gasteiger partial charge < -0.3 is 9.80 Å². The van der Waals surface area contributed by atoms with Crippen molar-refractivity contribution in [1.29, 1.82) is 0 Å². The largest absolute Gasteiger partial charge is 0.311 e. The molecular weight excluding hydrogens is 1020 g/mol. The molecule has 0 saturated carbocycles. The molecule has 2 aliphatic rings. The van der Waals surface area contributed by atoms with Crippen LogP contribution in [0.4, 0.5) is 34.1 Å². The highest BCUT2D eigenvalue weighted by Crippen LogP contribution is 2.52. The van der Waals surface area contributed by atoms with Crippen LogP contribution in [0.1, 0.15) is 79.0 Å². The minimum atomic E-state index is -0.203. The Morgan fingerprint density at radius 2 is 0.541 bits per heavy atom. The lowest BCUT2D eigenvalue weighted by Gasteiger charge is -2.46. The lowest BCUT2D eigenvalue weighted by molar-refractivity contribution is 0.590. The van der Waals surface area contributed by atoms with Crippen molar-refractivity contribution in [2.75, 3.05) is 9.80 Å². The van der Waals surface area contributed by atoms with Gasteiger partial charge in [-0.2, -0.15) is 0 Å². The van der Waals surface area contributed by atoms with Gasteiger partial charge >= 0.3 is 0 Å². The monoisotopic (exact) mass is 1090 g/mol. The highest BCUT2D eigenvalue weighted by molar-refractivity contribution is 7.00. The normalized spacial score (nSPS) is 13.2. The van der Waals surface area contributed by atoms with Crippen molar-refractivity contribution in [2.24, 2.45) is 0 Å². The summed E-state index contributed by atoms with van der Waals surface area (Å²) in [7, 11) is 0. The van der Waals surface area contributed by atoms with Crippen LogP contribution in [0.25, 0.3) is 87.6 Å². The van der Waals surface area contributed by atoms with E-state index in [1.807, 2.05) is 0 Å². The highest BCUT2D eigenvalue weighted by Gasteiger charge is 2.45. The molecule has 2 nitrogen and oxygen atoms in total. The maximum absolute atomic E-state index is 2.64. The van der Waals surface area contributed by atoms with E-state index in [1.54, 1.807) is 0 Å². The first kappa shape index (κ1) is 52.4. The van der Waals surface area contributed by atoms with Gasteiger partial charge in [-0.15, -0.1) is 0 Å². The number of fused-ring (bicyclic) bond motifs is 8. The molecule has 0 bridgehead atoms. The first-order chi connectivity index (χ1) is 41.1. The van der Waals surface area contributed by atoms with Gasteiger partial charge in [-0.1, -0.05) is 269 Å². The molecule has 0 aliphatic carbocycles. The molecule has 13 aromatic carbocycles. The molecule has 2 heterocycles. The maximum Gasteiger partial charge on any atom is 0.252 e. The lowest BCUT2D eigenvalue weighted by atomic mass is 9.33. The molecule has 0 amide bonds. The third-order valence-electron chi connectivity index (χ3n) is 18.4. The fourth-order valence-corrected chi connectivity index (χ4v) is 14.2. The maximum atomic E-state index is 2.64. The minimum absolute atomic E-state index is 0.0657. The lowest BCUT2D eigenvalue weighted by Crippen LogP contribution is -2.61. The summed E-state index contributed by atoms with van der Waals surface area (Å²) in [6.45, 7) is 21.2. The smallest absolute Gasteiger partial charge is 0.252 e. The van der Waals surface area contributed by atoms with Gasteiger partial charge in [0.15, 0.2) is 0 Å². The topological polar surface area (TPSA) is 6.48 Å². The molecule has 0 saturated heterocycles. The predicted octanol–water partition coefficient (Wildman–Crippen LogP) is 20.9. The van der Waals surface area contributed by atoms with Gasteiger partial charge in [-0.25, -0.2) is 0 Å². The summed E-state index contributed by atoms with van der Waals surface area (Å²) in [5.74, 6) is 0. The first-order valence-corrected chi connectivity index (χ1v) is 30.4. The zero-order valence-corrected chi connectivity index (χ0v) is 50.2. The fourth-order valence-electron chi connectivity index (χ4n) is 14.2. The fraction of sp³-hybridized carbons (Fsp3) is 0.146. The van der Waals surface area contributed by atoms with Gasteiger partial charge in [0.05, 0.1) is 0 Å². The Balaban J connectivity index is 1.07. The Bertz CT molecular complexity index is 4510. The Morgan fingerprint density at radius 1 is 0.247 bits per heavy atom. The predicted molar refractivity (Wildman–Crippen MR) is 368 cm³/mol. The molecule has 0 N–H and O–H groups in total.